The number of carbonyl (C=O) groups excluding carboxylic acids is 1. The van der Waals surface area contributed by atoms with Gasteiger partial charge in [-0.05, 0) is 37.5 Å². The van der Waals surface area contributed by atoms with Crippen LogP contribution in [0, 0.1) is 11.3 Å². The number of nitrogens with one attached hydrogen (secondary N) is 1. The van der Waals surface area contributed by atoms with Gasteiger partial charge in [-0.2, -0.15) is 5.26 Å². The number of nitriles is 1. The number of benzene rings is 1. The Labute approximate surface area is 170 Å². The van der Waals surface area contributed by atoms with Crippen molar-refractivity contribution in [1.82, 2.24) is 5.32 Å². The number of piperidine rings is 1. The fraction of sp³-hybridized carbons (Fsp3) is 0.364. The normalized spacial score (nSPS) is 14.2. The number of amides is 1. The molecular weight excluding hydrogens is 370 g/mol. The van der Waals surface area contributed by atoms with Crippen molar-refractivity contribution in [3.63, 3.8) is 0 Å². The molecule has 0 radical (unpaired) electrons. The second-order valence-corrected chi connectivity index (χ2v) is 6.75. The lowest BCUT2D eigenvalue weighted by Gasteiger charge is -2.25. The molecule has 0 aliphatic carbocycles. The standard InChI is InChI=1S/C22H25N3O4/c1-27-18-7-6-16(20(13-18)28-2)15-24-22(26)17(14-23)12-19-8-9-21(29-19)25-10-4-3-5-11-25/h6-9,12-13H,3-5,10-11,15H2,1-2H3,(H,24,26)/b17-12+. The van der Waals surface area contributed by atoms with Crippen LogP contribution in [-0.4, -0.2) is 33.2 Å². The van der Waals surface area contributed by atoms with E-state index in [0.29, 0.717) is 17.3 Å². The van der Waals surface area contributed by atoms with Crippen LogP contribution in [0.15, 0.2) is 40.3 Å². The summed E-state index contributed by atoms with van der Waals surface area (Å²) in [6, 6.07) is 10.9. The Hall–Kier alpha value is -3.40. The first kappa shape index (κ1) is 20.3. The maximum atomic E-state index is 12.5. The van der Waals surface area contributed by atoms with Gasteiger partial charge in [0.25, 0.3) is 5.91 Å². The summed E-state index contributed by atoms with van der Waals surface area (Å²) in [6.45, 7) is 2.15. The van der Waals surface area contributed by atoms with E-state index in [2.05, 4.69) is 10.2 Å². The SMILES string of the molecule is COc1ccc(CNC(=O)/C(C#N)=C/c2ccc(N3CCCCC3)o2)c(OC)c1. The molecule has 7 nitrogen and oxygen atoms in total. The molecule has 0 spiro atoms. The summed E-state index contributed by atoms with van der Waals surface area (Å²) in [7, 11) is 3.13. The summed E-state index contributed by atoms with van der Waals surface area (Å²) in [5, 5.41) is 12.2. The molecule has 1 N–H and O–H groups in total. The van der Waals surface area contributed by atoms with Crippen LogP contribution in [0.5, 0.6) is 11.5 Å². The van der Waals surface area contributed by atoms with Gasteiger partial charge in [0.05, 0.1) is 14.2 Å². The highest BCUT2D eigenvalue weighted by atomic mass is 16.5. The first-order valence-corrected chi connectivity index (χ1v) is 9.60. The number of nitrogens with zero attached hydrogens (tertiary/aromatic N) is 2. The molecule has 1 amide bonds. The maximum absolute atomic E-state index is 12.5. The summed E-state index contributed by atoms with van der Waals surface area (Å²) in [5.74, 6) is 2.05. The van der Waals surface area contributed by atoms with E-state index < -0.39 is 5.91 Å². The lowest BCUT2D eigenvalue weighted by molar-refractivity contribution is -0.117. The molecule has 1 aliphatic heterocycles. The van der Waals surface area contributed by atoms with Crippen LogP contribution in [0.1, 0.15) is 30.6 Å². The smallest absolute Gasteiger partial charge is 0.262 e. The molecule has 0 unspecified atom stereocenters. The van der Waals surface area contributed by atoms with Crippen molar-refractivity contribution < 1.29 is 18.7 Å². The zero-order chi connectivity index (χ0) is 20.6. The monoisotopic (exact) mass is 395 g/mol. The number of furan rings is 1. The average molecular weight is 395 g/mol. The number of hydrogen-bond donors (Lipinski definition) is 1. The molecule has 7 heteroatoms. The Morgan fingerprint density at radius 3 is 2.69 bits per heavy atom. The molecule has 0 atom stereocenters. The van der Waals surface area contributed by atoms with E-state index in [1.807, 2.05) is 18.2 Å². The molecule has 1 saturated heterocycles. The highest BCUT2D eigenvalue weighted by Crippen LogP contribution is 2.25. The number of ether oxygens (including phenoxy) is 2. The highest BCUT2D eigenvalue weighted by molar-refractivity contribution is 6.01. The van der Waals surface area contributed by atoms with Crippen LogP contribution >= 0.6 is 0 Å². The number of rotatable bonds is 7. The van der Waals surface area contributed by atoms with E-state index >= 15 is 0 Å². The highest BCUT2D eigenvalue weighted by Gasteiger charge is 2.16. The molecular formula is C22H25N3O4. The third-order valence-corrected chi connectivity index (χ3v) is 4.87. The average Bonchev–Trinajstić information content (AvgIpc) is 3.25. The molecule has 1 aliphatic rings. The molecule has 0 bridgehead atoms. The van der Waals surface area contributed by atoms with Crippen molar-refractivity contribution in [2.24, 2.45) is 0 Å². The van der Waals surface area contributed by atoms with Gasteiger partial charge in [-0.25, -0.2) is 0 Å². The van der Waals surface area contributed by atoms with Crippen molar-refractivity contribution in [2.45, 2.75) is 25.8 Å². The van der Waals surface area contributed by atoms with Crippen molar-refractivity contribution in [3.8, 4) is 17.6 Å². The van der Waals surface area contributed by atoms with Gasteiger partial charge in [-0.1, -0.05) is 0 Å². The Balaban J connectivity index is 1.66. The minimum atomic E-state index is -0.471. The Morgan fingerprint density at radius 2 is 2.00 bits per heavy atom. The van der Waals surface area contributed by atoms with Gasteiger partial charge >= 0.3 is 0 Å². The molecule has 1 fully saturated rings. The van der Waals surface area contributed by atoms with Crippen LogP contribution in [0.3, 0.4) is 0 Å². The summed E-state index contributed by atoms with van der Waals surface area (Å²) < 4.78 is 16.3. The molecule has 1 aromatic carbocycles. The minimum absolute atomic E-state index is 0.0166. The Bertz CT molecular complexity index is 920. The molecule has 2 aromatic rings. The van der Waals surface area contributed by atoms with Crippen molar-refractivity contribution in [1.29, 1.82) is 5.26 Å². The fourth-order valence-electron chi connectivity index (χ4n) is 3.26. The Morgan fingerprint density at radius 1 is 1.21 bits per heavy atom. The number of hydrogen-bond acceptors (Lipinski definition) is 6. The minimum Gasteiger partial charge on any atom is -0.497 e. The maximum Gasteiger partial charge on any atom is 0.262 e. The van der Waals surface area contributed by atoms with Crippen molar-refractivity contribution in [3.05, 3.63) is 47.2 Å². The number of methoxy groups -OCH3 is 2. The van der Waals surface area contributed by atoms with E-state index in [4.69, 9.17) is 13.9 Å². The van der Waals surface area contributed by atoms with Gasteiger partial charge in [0.15, 0.2) is 5.88 Å². The van der Waals surface area contributed by atoms with E-state index in [1.54, 1.807) is 32.4 Å². The molecule has 152 valence electrons. The van der Waals surface area contributed by atoms with E-state index in [9.17, 15) is 10.1 Å². The van der Waals surface area contributed by atoms with E-state index in [-0.39, 0.29) is 12.1 Å². The summed E-state index contributed by atoms with van der Waals surface area (Å²) >= 11 is 0. The van der Waals surface area contributed by atoms with Crippen molar-refractivity contribution in [2.75, 3.05) is 32.2 Å². The predicted molar refractivity (Wildman–Crippen MR) is 110 cm³/mol. The third-order valence-electron chi connectivity index (χ3n) is 4.87. The third kappa shape index (κ3) is 5.11. The van der Waals surface area contributed by atoms with Crippen LogP contribution in [0.2, 0.25) is 0 Å². The zero-order valence-corrected chi connectivity index (χ0v) is 16.7. The second kappa shape index (κ2) is 9.69. The quantitative estimate of drug-likeness (QED) is 0.570. The number of anilines is 1. The zero-order valence-electron chi connectivity index (χ0n) is 16.7. The lowest BCUT2D eigenvalue weighted by atomic mass is 10.1. The first-order chi connectivity index (χ1) is 14.1. The Kier molecular flexibility index (Phi) is 6.80. The van der Waals surface area contributed by atoms with E-state index in [0.717, 1.165) is 37.4 Å². The second-order valence-electron chi connectivity index (χ2n) is 6.75. The van der Waals surface area contributed by atoms with Crippen LogP contribution in [0.25, 0.3) is 6.08 Å². The first-order valence-electron chi connectivity index (χ1n) is 9.60. The molecule has 2 heterocycles. The van der Waals surface area contributed by atoms with Gasteiger partial charge < -0.3 is 24.1 Å². The fourth-order valence-corrected chi connectivity index (χ4v) is 3.26. The summed E-state index contributed by atoms with van der Waals surface area (Å²) in [6.07, 6.45) is 4.99. The van der Waals surface area contributed by atoms with Gasteiger partial charge in [-0.15, -0.1) is 0 Å². The molecule has 3 rings (SSSR count). The molecule has 0 saturated carbocycles. The summed E-state index contributed by atoms with van der Waals surface area (Å²) in [4.78, 5) is 14.6. The van der Waals surface area contributed by atoms with Gasteiger partial charge in [0.2, 0.25) is 0 Å². The van der Waals surface area contributed by atoms with Crippen LogP contribution in [0.4, 0.5) is 5.88 Å². The summed E-state index contributed by atoms with van der Waals surface area (Å²) in [5.41, 5.74) is 0.765. The van der Waals surface area contributed by atoms with Crippen molar-refractivity contribution >= 4 is 17.9 Å². The van der Waals surface area contributed by atoms with Gasteiger partial charge in [0.1, 0.15) is 28.9 Å². The molecule has 29 heavy (non-hydrogen) atoms. The largest absolute Gasteiger partial charge is 0.497 e. The van der Waals surface area contributed by atoms with E-state index in [1.165, 1.54) is 12.5 Å². The van der Waals surface area contributed by atoms with Gasteiger partial charge in [0, 0.05) is 43.4 Å². The van der Waals surface area contributed by atoms with Gasteiger partial charge in [-0.3, -0.25) is 4.79 Å². The number of carbonyl (C=O) groups is 1. The van der Waals surface area contributed by atoms with Crippen LogP contribution in [-0.2, 0) is 11.3 Å². The van der Waals surface area contributed by atoms with Crippen LogP contribution < -0.4 is 19.7 Å². The topological polar surface area (TPSA) is 87.7 Å². The molecule has 1 aromatic heterocycles. The predicted octanol–water partition coefficient (Wildman–Crippen LogP) is 3.51. The lowest BCUT2D eigenvalue weighted by Crippen LogP contribution is -2.28.